The summed E-state index contributed by atoms with van der Waals surface area (Å²) < 4.78 is 10.9. The van der Waals surface area contributed by atoms with Crippen LogP contribution < -0.4 is 10.3 Å². The molecule has 3 aromatic rings. The van der Waals surface area contributed by atoms with E-state index in [4.69, 9.17) is 14.5 Å². The third-order valence-corrected chi connectivity index (χ3v) is 6.37. The van der Waals surface area contributed by atoms with Gasteiger partial charge >= 0.3 is 0 Å². The first-order valence-corrected chi connectivity index (χ1v) is 12.0. The second kappa shape index (κ2) is 10.1. The zero-order valence-corrected chi connectivity index (χ0v) is 19.7. The van der Waals surface area contributed by atoms with Gasteiger partial charge in [-0.25, -0.2) is 4.98 Å². The molecular formula is C24H31N3O4S. The van der Waals surface area contributed by atoms with Crippen molar-refractivity contribution in [2.45, 2.75) is 45.4 Å². The van der Waals surface area contributed by atoms with Gasteiger partial charge in [-0.2, -0.15) is 0 Å². The number of thiophene rings is 1. The quantitative estimate of drug-likeness (QED) is 0.457. The Morgan fingerprint density at radius 3 is 2.84 bits per heavy atom. The molecule has 1 fully saturated rings. The number of aromatic amines is 1. The van der Waals surface area contributed by atoms with Gasteiger partial charge in [0, 0.05) is 30.1 Å². The first-order chi connectivity index (χ1) is 15.4. The second-order valence-electron chi connectivity index (χ2n) is 8.82. The summed E-state index contributed by atoms with van der Waals surface area (Å²) in [5.41, 5.74) is 1.65. The van der Waals surface area contributed by atoms with Crippen LogP contribution in [0, 0.1) is 5.92 Å². The Labute approximate surface area is 192 Å². The molecule has 0 saturated heterocycles. The normalized spacial score (nSPS) is 15.1. The van der Waals surface area contributed by atoms with E-state index in [0.29, 0.717) is 49.5 Å². The van der Waals surface area contributed by atoms with Crippen molar-refractivity contribution in [3.63, 3.8) is 0 Å². The number of ether oxygens (including phenoxy) is 2. The lowest BCUT2D eigenvalue weighted by Crippen LogP contribution is -2.37. The van der Waals surface area contributed by atoms with E-state index in [0.717, 1.165) is 34.5 Å². The molecule has 1 atom stereocenters. The zero-order chi connectivity index (χ0) is 22.7. The van der Waals surface area contributed by atoms with Crippen molar-refractivity contribution in [3.05, 3.63) is 45.8 Å². The van der Waals surface area contributed by atoms with Gasteiger partial charge in [0.05, 0.1) is 31.8 Å². The van der Waals surface area contributed by atoms with Crippen LogP contribution in [-0.4, -0.2) is 59.0 Å². The maximum atomic E-state index is 13.0. The maximum absolute atomic E-state index is 13.0. The molecule has 8 heteroatoms. The number of fused-ring (bicyclic) bond motifs is 1. The fraction of sp³-hybridized carbons (Fsp3) is 0.500. The molecule has 2 aromatic heterocycles. The van der Waals surface area contributed by atoms with Crippen molar-refractivity contribution in [3.8, 4) is 16.9 Å². The van der Waals surface area contributed by atoms with E-state index in [1.54, 1.807) is 7.11 Å². The number of aliphatic hydroxyl groups is 1. The summed E-state index contributed by atoms with van der Waals surface area (Å²) in [6.07, 6.45) is 1.64. The third kappa shape index (κ3) is 5.56. The van der Waals surface area contributed by atoms with Crippen molar-refractivity contribution in [2.24, 2.45) is 5.92 Å². The summed E-state index contributed by atoms with van der Waals surface area (Å²) in [4.78, 5) is 23.6. The lowest BCUT2D eigenvalue weighted by atomic mass is 10.1. The van der Waals surface area contributed by atoms with Crippen LogP contribution in [0.4, 0.5) is 0 Å². The zero-order valence-electron chi connectivity index (χ0n) is 18.8. The number of aromatic nitrogens is 2. The molecule has 1 aromatic carbocycles. The molecule has 1 saturated carbocycles. The minimum atomic E-state index is -0.564. The summed E-state index contributed by atoms with van der Waals surface area (Å²) in [5.74, 6) is 1.82. The van der Waals surface area contributed by atoms with Crippen molar-refractivity contribution in [2.75, 3.05) is 26.9 Å². The van der Waals surface area contributed by atoms with Crippen LogP contribution in [0.15, 0.2) is 34.4 Å². The molecule has 0 radical (unpaired) electrons. The predicted molar refractivity (Wildman–Crippen MR) is 127 cm³/mol. The average molecular weight is 458 g/mol. The number of nitrogens with one attached hydrogen (secondary N) is 1. The van der Waals surface area contributed by atoms with Crippen LogP contribution in [0.1, 0.15) is 32.5 Å². The number of benzene rings is 1. The van der Waals surface area contributed by atoms with Gasteiger partial charge in [0.15, 0.2) is 0 Å². The average Bonchev–Trinajstić information content (AvgIpc) is 3.52. The van der Waals surface area contributed by atoms with Crippen molar-refractivity contribution >= 4 is 21.6 Å². The maximum Gasteiger partial charge on any atom is 0.260 e. The van der Waals surface area contributed by atoms with E-state index in [2.05, 4.69) is 23.7 Å². The number of nitrogens with zero attached hydrogens (tertiary/aromatic N) is 2. The van der Waals surface area contributed by atoms with E-state index in [9.17, 15) is 9.90 Å². The summed E-state index contributed by atoms with van der Waals surface area (Å²) in [6.45, 7) is 6.14. The number of methoxy groups -OCH3 is 1. The molecular weight excluding hydrogens is 426 g/mol. The van der Waals surface area contributed by atoms with Crippen molar-refractivity contribution in [1.82, 2.24) is 14.9 Å². The molecule has 1 aliphatic rings. The highest BCUT2D eigenvalue weighted by atomic mass is 32.1. The van der Waals surface area contributed by atoms with Gasteiger partial charge < -0.3 is 19.6 Å². The standard InChI is InChI=1S/C24H31N3O4S/c1-15(2)12-31-13-18(28)10-27(17-7-8-17)11-21-25-23(29)22-20(14-32-24(22)26-21)16-5-4-6-19(9-16)30-3/h4-6,9,14-15,17-18,28H,7-8,10-13H2,1-3H3,(H,25,26,29). The van der Waals surface area contributed by atoms with Gasteiger partial charge in [0.2, 0.25) is 0 Å². The highest BCUT2D eigenvalue weighted by molar-refractivity contribution is 7.17. The van der Waals surface area contributed by atoms with E-state index >= 15 is 0 Å². The third-order valence-electron chi connectivity index (χ3n) is 5.50. The first-order valence-electron chi connectivity index (χ1n) is 11.1. The van der Waals surface area contributed by atoms with Gasteiger partial charge in [-0.1, -0.05) is 26.0 Å². The molecule has 0 spiro atoms. The van der Waals surface area contributed by atoms with E-state index in [-0.39, 0.29) is 5.56 Å². The van der Waals surface area contributed by atoms with Gasteiger partial charge in [-0.05, 0) is 36.5 Å². The molecule has 2 N–H and O–H groups in total. The lowest BCUT2D eigenvalue weighted by Gasteiger charge is -2.24. The molecule has 0 bridgehead atoms. The Balaban J connectivity index is 1.51. The van der Waals surface area contributed by atoms with E-state index in [1.165, 1.54) is 11.3 Å². The van der Waals surface area contributed by atoms with Gasteiger partial charge in [-0.15, -0.1) is 11.3 Å². The van der Waals surface area contributed by atoms with Crippen molar-refractivity contribution < 1.29 is 14.6 Å². The van der Waals surface area contributed by atoms with Crippen LogP contribution in [-0.2, 0) is 11.3 Å². The second-order valence-corrected chi connectivity index (χ2v) is 9.68. The lowest BCUT2D eigenvalue weighted by molar-refractivity contribution is 0.00510. The summed E-state index contributed by atoms with van der Waals surface area (Å²) in [6, 6.07) is 8.11. The minimum absolute atomic E-state index is 0.138. The molecule has 1 unspecified atom stereocenters. The molecule has 2 heterocycles. The Hall–Kier alpha value is -2.26. The van der Waals surface area contributed by atoms with Crippen LogP contribution in [0.3, 0.4) is 0 Å². The van der Waals surface area contributed by atoms with Crippen molar-refractivity contribution in [1.29, 1.82) is 0 Å². The summed E-state index contributed by atoms with van der Waals surface area (Å²) >= 11 is 1.47. The van der Waals surface area contributed by atoms with Gasteiger partial charge in [0.1, 0.15) is 16.4 Å². The highest BCUT2D eigenvalue weighted by Gasteiger charge is 2.31. The number of hydrogen-bond donors (Lipinski definition) is 2. The first kappa shape index (κ1) is 22.9. The fourth-order valence-electron chi connectivity index (χ4n) is 3.81. The SMILES string of the molecule is COc1cccc(-c2csc3nc(CN(CC(O)COCC(C)C)C4CC4)[nH]c(=O)c23)c1. The van der Waals surface area contributed by atoms with Crippen LogP contribution in [0.5, 0.6) is 5.75 Å². The summed E-state index contributed by atoms with van der Waals surface area (Å²) in [5, 5.41) is 13.0. The number of rotatable bonds is 11. The fourth-order valence-corrected chi connectivity index (χ4v) is 4.78. The van der Waals surface area contributed by atoms with Crippen LogP contribution >= 0.6 is 11.3 Å². The van der Waals surface area contributed by atoms with Crippen LogP contribution in [0.2, 0.25) is 0 Å². The Kier molecular flexibility index (Phi) is 7.25. The summed E-state index contributed by atoms with van der Waals surface area (Å²) in [7, 11) is 1.63. The number of hydrogen-bond acceptors (Lipinski definition) is 7. The van der Waals surface area contributed by atoms with Crippen LogP contribution in [0.25, 0.3) is 21.3 Å². The molecule has 0 amide bonds. The largest absolute Gasteiger partial charge is 0.497 e. The van der Waals surface area contributed by atoms with Gasteiger partial charge in [0.25, 0.3) is 5.56 Å². The van der Waals surface area contributed by atoms with Gasteiger partial charge in [-0.3, -0.25) is 9.69 Å². The number of H-pyrrole nitrogens is 1. The smallest absolute Gasteiger partial charge is 0.260 e. The molecule has 0 aliphatic heterocycles. The number of aliphatic hydroxyl groups excluding tert-OH is 1. The molecule has 4 rings (SSSR count). The molecule has 7 nitrogen and oxygen atoms in total. The Morgan fingerprint density at radius 1 is 1.31 bits per heavy atom. The van der Waals surface area contributed by atoms with E-state index in [1.807, 2.05) is 29.6 Å². The molecule has 1 aliphatic carbocycles. The highest BCUT2D eigenvalue weighted by Crippen LogP contribution is 2.33. The Morgan fingerprint density at radius 2 is 2.12 bits per heavy atom. The Bertz CT molecular complexity index is 1110. The monoisotopic (exact) mass is 457 g/mol. The molecule has 32 heavy (non-hydrogen) atoms. The topological polar surface area (TPSA) is 87.7 Å². The minimum Gasteiger partial charge on any atom is -0.497 e. The molecule has 172 valence electrons. The van der Waals surface area contributed by atoms with E-state index < -0.39 is 6.10 Å². The predicted octanol–water partition coefficient (Wildman–Crippen LogP) is 3.66.